The monoisotopic (exact) mass is 368 g/mol. The van der Waals surface area contributed by atoms with E-state index in [4.69, 9.17) is 4.74 Å². The fourth-order valence-corrected chi connectivity index (χ4v) is 2.89. The van der Waals surface area contributed by atoms with E-state index < -0.39 is 0 Å². The van der Waals surface area contributed by atoms with Gasteiger partial charge in [-0.25, -0.2) is 0 Å². The van der Waals surface area contributed by atoms with E-state index in [0.717, 1.165) is 18.5 Å². The van der Waals surface area contributed by atoms with E-state index in [9.17, 15) is 9.59 Å². The third-order valence-corrected chi connectivity index (χ3v) is 4.53. The number of hydrogen-bond donors (Lipinski definition) is 2. The second-order valence-electron chi connectivity index (χ2n) is 7.40. The van der Waals surface area contributed by atoms with Gasteiger partial charge in [-0.2, -0.15) is 0 Å². The number of esters is 1. The van der Waals surface area contributed by atoms with Crippen LogP contribution in [0.15, 0.2) is 24.3 Å². The molecule has 2 N–H and O–H groups in total. The number of hydrogen-bond acceptors (Lipinski definition) is 4. The van der Waals surface area contributed by atoms with E-state index >= 15 is 0 Å². The van der Waals surface area contributed by atoms with Crippen LogP contribution in [-0.2, 0) is 19.7 Å². The van der Waals surface area contributed by atoms with Crippen molar-refractivity contribution in [2.24, 2.45) is 5.92 Å². The first-order valence-corrected chi connectivity index (χ1v) is 8.49. The van der Waals surface area contributed by atoms with E-state index in [1.54, 1.807) is 0 Å². The highest BCUT2D eigenvalue weighted by Crippen LogP contribution is 2.25. The number of carbonyl (C=O) groups excluding carboxylic acids is 2. The molecule has 1 amide bonds. The summed E-state index contributed by atoms with van der Waals surface area (Å²) in [7, 11) is 1.37. The molecule has 1 aromatic carbocycles. The molecular formula is C19H29ClN2O3. The Kier molecular flexibility index (Phi) is 7.90. The summed E-state index contributed by atoms with van der Waals surface area (Å²) in [5.41, 5.74) is 2.21. The maximum Gasteiger partial charge on any atom is 0.307 e. The van der Waals surface area contributed by atoms with Crippen LogP contribution in [0.4, 0.5) is 0 Å². The quantitative estimate of drug-likeness (QED) is 0.784. The van der Waals surface area contributed by atoms with Gasteiger partial charge in [0.1, 0.15) is 0 Å². The van der Waals surface area contributed by atoms with Crippen LogP contribution in [-0.4, -0.2) is 32.1 Å². The highest BCUT2D eigenvalue weighted by molar-refractivity contribution is 5.85. The summed E-state index contributed by atoms with van der Waals surface area (Å²) in [6, 6.07) is 7.73. The molecule has 0 saturated carbocycles. The largest absolute Gasteiger partial charge is 0.469 e. The van der Waals surface area contributed by atoms with Crippen molar-refractivity contribution < 1.29 is 14.3 Å². The van der Waals surface area contributed by atoms with Gasteiger partial charge in [0.05, 0.1) is 25.5 Å². The lowest BCUT2D eigenvalue weighted by molar-refractivity contribution is -0.141. The third-order valence-electron chi connectivity index (χ3n) is 4.53. The van der Waals surface area contributed by atoms with E-state index in [-0.39, 0.29) is 48.1 Å². The Morgan fingerprint density at radius 2 is 1.92 bits per heavy atom. The molecular weight excluding hydrogens is 340 g/mol. The Bertz CT molecular complexity index is 575. The van der Waals surface area contributed by atoms with Crippen molar-refractivity contribution in [3.8, 4) is 0 Å². The second kappa shape index (κ2) is 9.20. The van der Waals surface area contributed by atoms with Crippen LogP contribution >= 0.6 is 12.4 Å². The van der Waals surface area contributed by atoms with Gasteiger partial charge in [0.2, 0.25) is 5.91 Å². The van der Waals surface area contributed by atoms with Crippen LogP contribution in [0.1, 0.15) is 50.8 Å². The molecule has 0 radical (unpaired) electrons. The van der Waals surface area contributed by atoms with Gasteiger partial charge in [-0.3, -0.25) is 9.59 Å². The summed E-state index contributed by atoms with van der Waals surface area (Å²) in [4.78, 5) is 24.2. The summed E-state index contributed by atoms with van der Waals surface area (Å²) >= 11 is 0. The van der Waals surface area contributed by atoms with Gasteiger partial charge in [-0.15, -0.1) is 12.4 Å². The van der Waals surface area contributed by atoms with Crippen molar-refractivity contribution in [2.45, 2.75) is 45.1 Å². The van der Waals surface area contributed by atoms with Crippen molar-refractivity contribution in [1.29, 1.82) is 0 Å². The predicted octanol–water partition coefficient (Wildman–Crippen LogP) is 2.74. The number of nitrogens with one attached hydrogen (secondary N) is 2. The molecule has 140 valence electrons. The van der Waals surface area contributed by atoms with E-state index in [1.165, 1.54) is 12.7 Å². The first kappa shape index (κ1) is 21.5. The summed E-state index contributed by atoms with van der Waals surface area (Å²) in [5, 5.41) is 6.21. The standard InChI is InChI=1S/C19H28N2O3.ClH/c1-19(2,3)15-7-5-13(6-8-15)16(11-17(22)24-4)21-18(23)14-9-10-20-12-14;/h5-8,14,16,20H,9-12H2,1-4H3,(H,21,23);1H. The number of rotatable bonds is 5. The summed E-state index contributed by atoms with van der Waals surface area (Å²) in [6.45, 7) is 8.02. The first-order valence-electron chi connectivity index (χ1n) is 8.49. The van der Waals surface area contributed by atoms with Crippen LogP contribution in [0, 0.1) is 5.92 Å². The van der Waals surface area contributed by atoms with Gasteiger partial charge >= 0.3 is 5.97 Å². The summed E-state index contributed by atoms with van der Waals surface area (Å²) in [5.74, 6) is -0.363. The molecule has 1 aromatic rings. The zero-order chi connectivity index (χ0) is 17.7. The van der Waals surface area contributed by atoms with Crippen LogP contribution in [0.2, 0.25) is 0 Å². The minimum Gasteiger partial charge on any atom is -0.469 e. The Morgan fingerprint density at radius 3 is 2.40 bits per heavy atom. The van der Waals surface area contributed by atoms with Crippen molar-refractivity contribution >= 4 is 24.3 Å². The smallest absolute Gasteiger partial charge is 0.307 e. The Morgan fingerprint density at radius 1 is 1.28 bits per heavy atom. The molecule has 25 heavy (non-hydrogen) atoms. The maximum absolute atomic E-state index is 12.4. The first-order chi connectivity index (χ1) is 11.3. The Balaban J connectivity index is 0.00000312. The average molecular weight is 369 g/mol. The number of carbonyl (C=O) groups is 2. The number of halogens is 1. The summed E-state index contributed by atoms with van der Waals surface area (Å²) < 4.78 is 4.78. The van der Waals surface area contributed by atoms with E-state index in [0.29, 0.717) is 6.54 Å². The molecule has 1 saturated heterocycles. The van der Waals surface area contributed by atoms with Gasteiger partial charge in [0, 0.05) is 6.54 Å². The SMILES string of the molecule is COC(=O)CC(NC(=O)C1CCNC1)c1ccc(C(C)(C)C)cc1.Cl. The molecule has 0 aromatic heterocycles. The van der Waals surface area contributed by atoms with E-state index in [2.05, 4.69) is 43.5 Å². The van der Waals surface area contributed by atoms with Gasteiger partial charge in [-0.1, -0.05) is 45.0 Å². The van der Waals surface area contributed by atoms with Gasteiger partial charge < -0.3 is 15.4 Å². The lowest BCUT2D eigenvalue weighted by Crippen LogP contribution is -2.36. The zero-order valence-electron chi connectivity index (χ0n) is 15.4. The molecule has 1 aliphatic rings. The molecule has 5 nitrogen and oxygen atoms in total. The Hall–Kier alpha value is -1.59. The number of methoxy groups -OCH3 is 1. The molecule has 6 heteroatoms. The summed E-state index contributed by atoms with van der Waals surface area (Å²) in [6.07, 6.45) is 0.969. The molecule has 2 unspecified atom stereocenters. The van der Waals surface area contributed by atoms with Crippen molar-refractivity contribution in [1.82, 2.24) is 10.6 Å². The number of benzene rings is 1. The molecule has 0 aliphatic carbocycles. The van der Waals surface area contributed by atoms with Crippen molar-refractivity contribution in [3.05, 3.63) is 35.4 Å². The van der Waals surface area contributed by atoms with E-state index in [1.807, 2.05) is 12.1 Å². The molecule has 1 aliphatic heterocycles. The minimum absolute atomic E-state index is 0. The van der Waals surface area contributed by atoms with Gasteiger partial charge in [0.25, 0.3) is 0 Å². The zero-order valence-corrected chi connectivity index (χ0v) is 16.2. The molecule has 0 bridgehead atoms. The fourth-order valence-electron chi connectivity index (χ4n) is 2.89. The van der Waals surface area contributed by atoms with Gasteiger partial charge in [-0.05, 0) is 29.5 Å². The highest BCUT2D eigenvalue weighted by Gasteiger charge is 2.26. The molecule has 0 spiro atoms. The van der Waals surface area contributed by atoms with Crippen LogP contribution in [0.5, 0.6) is 0 Å². The maximum atomic E-state index is 12.4. The normalized spacial score (nSPS) is 18.2. The molecule has 2 rings (SSSR count). The molecule has 1 fully saturated rings. The minimum atomic E-state index is -0.362. The number of amides is 1. The fraction of sp³-hybridized carbons (Fsp3) is 0.579. The lowest BCUT2D eigenvalue weighted by Gasteiger charge is -2.23. The lowest BCUT2D eigenvalue weighted by atomic mass is 9.86. The second-order valence-corrected chi connectivity index (χ2v) is 7.40. The average Bonchev–Trinajstić information content (AvgIpc) is 3.08. The van der Waals surface area contributed by atoms with Crippen molar-refractivity contribution in [2.75, 3.05) is 20.2 Å². The van der Waals surface area contributed by atoms with Crippen LogP contribution in [0.25, 0.3) is 0 Å². The third kappa shape index (κ3) is 6.01. The van der Waals surface area contributed by atoms with Crippen LogP contribution in [0.3, 0.4) is 0 Å². The van der Waals surface area contributed by atoms with Crippen LogP contribution < -0.4 is 10.6 Å². The molecule has 2 atom stereocenters. The highest BCUT2D eigenvalue weighted by atomic mass is 35.5. The Labute approximate surface area is 156 Å². The van der Waals surface area contributed by atoms with Gasteiger partial charge in [0.15, 0.2) is 0 Å². The predicted molar refractivity (Wildman–Crippen MR) is 101 cm³/mol. The number of ether oxygens (including phenoxy) is 1. The molecule has 1 heterocycles. The van der Waals surface area contributed by atoms with Crippen molar-refractivity contribution in [3.63, 3.8) is 0 Å². The topological polar surface area (TPSA) is 67.4 Å².